The molecule has 0 atom stereocenters. The molecule has 8 aromatic carbocycles. The maximum Gasteiger partial charge on any atom is 0.142 e. The summed E-state index contributed by atoms with van der Waals surface area (Å²) in [5, 5.41) is 8.72. The second-order valence-corrected chi connectivity index (χ2v) is 18.4. The van der Waals surface area contributed by atoms with Crippen molar-refractivity contribution in [1.29, 1.82) is 0 Å². The number of para-hydroxylation sites is 4. The average molecular weight is 685 g/mol. The Hall–Kier alpha value is -6.36. The first-order valence-electron chi connectivity index (χ1n) is 18.0. The van der Waals surface area contributed by atoms with Crippen molar-refractivity contribution in [2.75, 3.05) is 9.80 Å². The van der Waals surface area contributed by atoms with E-state index in [2.05, 4.69) is 205 Å². The number of rotatable bonds is 6. The van der Waals surface area contributed by atoms with Gasteiger partial charge >= 0.3 is 0 Å². The van der Waals surface area contributed by atoms with Gasteiger partial charge in [-0.2, -0.15) is 0 Å². The van der Waals surface area contributed by atoms with Gasteiger partial charge in [0.1, 0.15) is 19.4 Å². The monoisotopic (exact) mass is 684 g/mol. The molecular formula is C48H36N2OSi. The first kappa shape index (κ1) is 30.5. The molecule has 3 nitrogen and oxygen atoms in total. The van der Waals surface area contributed by atoms with Gasteiger partial charge in [0.05, 0.1) is 11.4 Å². The molecule has 0 N–H and O–H groups in total. The molecule has 0 amide bonds. The van der Waals surface area contributed by atoms with Crippen LogP contribution >= 0.6 is 0 Å². The van der Waals surface area contributed by atoms with Crippen molar-refractivity contribution in [3.63, 3.8) is 0 Å². The van der Waals surface area contributed by atoms with Crippen molar-refractivity contribution < 1.29 is 4.42 Å². The zero-order valence-electron chi connectivity index (χ0n) is 29.1. The van der Waals surface area contributed by atoms with Gasteiger partial charge in [0.25, 0.3) is 0 Å². The molecule has 0 saturated carbocycles. The molecular weight excluding hydrogens is 649 g/mol. The minimum atomic E-state index is -2.33. The topological polar surface area (TPSA) is 19.6 Å². The fourth-order valence-electron chi connectivity index (χ4n) is 8.46. The number of fused-ring (bicyclic) bond motifs is 9. The Morgan fingerprint density at radius 2 is 0.788 bits per heavy atom. The SMILES string of the molecule is C[Si]1(C)c2cc(N(c3ccccc3)c3ccccc3)c3ccccc3c2-c2oc3c(cc(N(c4ccccc4)c4ccccc4)c4ccccc43)c21. The van der Waals surface area contributed by atoms with Crippen LogP contribution in [0.2, 0.25) is 13.1 Å². The molecule has 0 fully saturated rings. The zero-order valence-corrected chi connectivity index (χ0v) is 30.1. The van der Waals surface area contributed by atoms with Crippen molar-refractivity contribution >= 4 is 85.1 Å². The average Bonchev–Trinajstić information content (AvgIpc) is 3.69. The van der Waals surface area contributed by atoms with Crippen molar-refractivity contribution in [2.24, 2.45) is 0 Å². The standard InChI is InChI=1S/C48H36N2OSi/c1-52(2)44-32-43(50(35-23-11-5-12-24-35)36-25-13-6-14-26-36)37-27-15-17-29-39(37)45(44)47-48(52)41-31-42(38-28-16-18-30-40(38)46(41)51-47)49(33-19-7-3-8-20-33)34-21-9-4-10-22-34/h3-32H,1-2H3. The Kier molecular flexibility index (Phi) is 6.95. The molecule has 1 aromatic heterocycles. The van der Waals surface area contributed by atoms with Gasteiger partial charge < -0.3 is 14.2 Å². The molecule has 9 aromatic rings. The van der Waals surface area contributed by atoms with Crippen LogP contribution in [0.3, 0.4) is 0 Å². The summed E-state index contributed by atoms with van der Waals surface area (Å²) in [6.45, 7) is 5.00. The molecule has 2 heterocycles. The fourth-order valence-corrected chi connectivity index (χ4v) is 11.7. The molecule has 10 rings (SSSR count). The van der Waals surface area contributed by atoms with Crippen LogP contribution in [0, 0.1) is 0 Å². The number of furan rings is 1. The van der Waals surface area contributed by atoms with E-state index in [0.717, 1.165) is 50.6 Å². The normalized spacial score (nSPS) is 13.0. The van der Waals surface area contributed by atoms with E-state index >= 15 is 0 Å². The zero-order chi connectivity index (χ0) is 34.8. The summed E-state index contributed by atoms with van der Waals surface area (Å²) in [7, 11) is -2.33. The summed E-state index contributed by atoms with van der Waals surface area (Å²) >= 11 is 0. The maximum atomic E-state index is 7.21. The summed E-state index contributed by atoms with van der Waals surface area (Å²) in [6, 6.07) is 65.4. The number of nitrogens with zero attached hydrogens (tertiary/aromatic N) is 2. The van der Waals surface area contributed by atoms with Crippen LogP contribution in [-0.4, -0.2) is 8.07 Å². The first-order chi connectivity index (χ1) is 25.6. The van der Waals surface area contributed by atoms with Crippen molar-refractivity contribution in [2.45, 2.75) is 13.1 Å². The third-order valence-corrected chi connectivity index (χ3v) is 14.2. The predicted molar refractivity (Wildman–Crippen MR) is 223 cm³/mol. The van der Waals surface area contributed by atoms with Crippen LogP contribution in [0.1, 0.15) is 0 Å². The molecule has 52 heavy (non-hydrogen) atoms. The lowest BCUT2D eigenvalue weighted by atomic mass is 9.99. The lowest BCUT2D eigenvalue weighted by Gasteiger charge is -2.29. The van der Waals surface area contributed by atoms with E-state index in [1.165, 1.54) is 37.8 Å². The van der Waals surface area contributed by atoms with Crippen molar-refractivity contribution in [3.8, 4) is 11.3 Å². The summed E-state index contributed by atoms with van der Waals surface area (Å²) in [4.78, 5) is 4.80. The Morgan fingerprint density at radius 3 is 1.27 bits per heavy atom. The Bertz CT molecular complexity index is 2680. The van der Waals surface area contributed by atoms with Gasteiger partial charge in [0.15, 0.2) is 0 Å². The molecule has 0 saturated heterocycles. The molecule has 1 aliphatic heterocycles. The highest BCUT2D eigenvalue weighted by Crippen LogP contribution is 2.48. The van der Waals surface area contributed by atoms with Gasteiger partial charge in [0.2, 0.25) is 0 Å². The number of anilines is 6. The molecule has 4 heteroatoms. The van der Waals surface area contributed by atoms with E-state index in [1.807, 2.05) is 0 Å². The predicted octanol–water partition coefficient (Wildman–Crippen LogP) is 12.5. The first-order valence-corrected chi connectivity index (χ1v) is 21.0. The van der Waals surface area contributed by atoms with Crippen LogP contribution < -0.4 is 20.2 Å². The molecule has 0 aliphatic carbocycles. The molecule has 0 unspecified atom stereocenters. The van der Waals surface area contributed by atoms with E-state index in [0.29, 0.717) is 0 Å². The lowest BCUT2D eigenvalue weighted by Crippen LogP contribution is -2.49. The minimum absolute atomic E-state index is 0.972. The van der Waals surface area contributed by atoms with Crippen molar-refractivity contribution in [3.05, 3.63) is 182 Å². The van der Waals surface area contributed by atoms with Crippen LogP contribution in [-0.2, 0) is 0 Å². The van der Waals surface area contributed by atoms with Crippen LogP contribution in [0.25, 0.3) is 43.8 Å². The Labute approximate surface area is 304 Å². The molecule has 248 valence electrons. The Balaban J connectivity index is 1.27. The minimum Gasteiger partial charge on any atom is -0.456 e. The number of benzene rings is 8. The quantitative estimate of drug-likeness (QED) is 0.163. The van der Waals surface area contributed by atoms with Crippen LogP contribution in [0.15, 0.2) is 186 Å². The summed E-state index contributed by atoms with van der Waals surface area (Å²) in [5.41, 5.74) is 9.07. The van der Waals surface area contributed by atoms with E-state index in [1.54, 1.807) is 0 Å². The Morgan fingerprint density at radius 1 is 0.404 bits per heavy atom. The van der Waals surface area contributed by atoms with E-state index in [-0.39, 0.29) is 0 Å². The third kappa shape index (κ3) is 4.58. The molecule has 0 bridgehead atoms. The fraction of sp³-hybridized carbons (Fsp3) is 0.0417. The van der Waals surface area contributed by atoms with Gasteiger partial charge in [-0.25, -0.2) is 0 Å². The summed E-state index contributed by atoms with van der Waals surface area (Å²) in [6.07, 6.45) is 0. The van der Waals surface area contributed by atoms with E-state index in [9.17, 15) is 0 Å². The van der Waals surface area contributed by atoms with Gasteiger partial charge in [0, 0.05) is 49.9 Å². The largest absolute Gasteiger partial charge is 0.456 e. The van der Waals surface area contributed by atoms with Crippen molar-refractivity contribution in [1.82, 2.24) is 0 Å². The summed E-state index contributed by atoms with van der Waals surface area (Å²) < 4.78 is 7.21. The maximum absolute atomic E-state index is 7.21. The lowest BCUT2D eigenvalue weighted by molar-refractivity contribution is 0.639. The van der Waals surface area contributed by atoms with E-state index < -0.39 is 8.07 Å². The summed E-state index contributed by atoms with van der Waals surface area (Å²) in [5.74, 6) is 1.03. The highest BCUT2D eigenvalue weighted by Gasteiger charge is 2.44. The second-order valence-electron chi connectivity index (χ2n) is 14.1. The van der Waals surface area contributed by atoms with Gasteiger partial charge in [-0.15, -0.1) is 0 Å². The third-order valence-electron chi connectivity index (χ3n) is 10.8. The van der Waals surface area contributed by atoms with Gasteiger partial charge in [-0.05, 0) is 76.4 Å². The number of hydrogen-bond donors (Lipinski definition) is 0. The number of hydrogen-bond acceptors (Lipinski definition) is 3. The van der Waals surface area contributed by atoms with Gasteiger partial charge in [-0.1, -0.05) is 134 Å². The highest BCUT2D eigenvalue weighted by molar-refractivity contribution is 7.05. The molecule has 0 spiro atoms. The smallest absolute Gasteiger partial charge is 0.142 e. The second kappa shape index (κ2) is 11.9. The van der Waals surface area contributed by atoms with Crippen LogP contribution in [0.5, 0.6) is 0 Å². The van der Waals surface area contributed by atoms with Crippen LogP contribution in [0.4, 0.5) is 34.1 Å². The van der Waals surface area contributed by atoms with Gasteiger partial charge in [-0.3, -0.25) is 0 Å². The highest BCUT2D eigenvalue weighted by atomic mass is 28.3. The molecule has 1 aliphatic rings. The van der Waals surface area contributed by atoms with E-state index in [4.69, 9.17) is 4.42 Å². The molecule has 0 radical (unpaired) electrons.